The van der Waals surface area contributed by atoms with Gasteiger partial charge >= 0.3 is 24.6 Å². The van der Waals surface area contributed by atoms with Crippen LogP contribution in [-0.2, 0) is 23.3 Å². The van der Waals surface area contributed by atoms with Crippen molar-refractivity contribution in [1.82, 2.24) is 0 Å². The maximum Gasteiger partial charge on any atom is 0.416 e. The zero-order valence-electron chi connectivity index (χ0n) is 19.6. The van der Waals surface area contributed by atoms with Gasteiger partial charge in [0.15, 0.2) is 0 Å². The summed E-state index contributed by atoms with van der Waals surface area (Å²) in [6, 6.07) is 1.03. The molecule has 4 nitrogen and oxygen atoms in total. The van der Waals surface area contributed by atoms with Crippen molar-refractivity contribution >= 4 is 11.8 Å². The molecule has 0 saturated carbocycles. The van der Waals surface area contributed by atoms with Gasteiger partial charge in [0.1, 0.15) is 0 Å². The van der Waals surface area contributed by atoms with Crippen LogP contribution in [0.25, 0.3) is 0 Å². The minimum Gasteiger partial charge on any atom is -0.449 e. The number of halogens is 9. The van der Waals surface area contributed by atoms with Gasteiger partial charge in [0, 0.05) is 18.0 Å². The first-order valence-corrected chi connectivity index (χ1v) is 11.2. The van der Waals surface area contributed by atoms with Crippen molar-refractivity contribution in [3.63, 3.8) is 0 Å². The summed E-state index contributed by atoms with van der Waals surface area (Å²) in [5.74, 6) is -1.15. The second-order valence-electron chi connectivity index (χ2n) is 8.81. The van der Waals surface area contributed by atoms with Gasteiger partial charge in [-0.2, -0.15) is 39.5 Å². The van der Waals surface area contributed by atoms with E-state index in [2.05, 4.69) is 0 Å². The molecular formula is C24H23F9N2O2. The number of nitrogens with two attached hydrogens (primary N) is 1. The van der Waals surface area contributed by atoms with Crippen molar-refractivity contribution in [2.45, 2.75) is 63.2 Å². The first-order valence-electron chi connectivity index (χ1n) is 11.2. The van der Waals surface area contributed by atoms with Crippen LogP contribution in [-0.4, -0.2) is 18.7 Å². The average Bonchev–Trinajstić information content (AvgIpc) is 2.79. The van der Waals surface area contributed by atoms with Gasteiger partial charge in [-0.3, -0.25) is 4.90 Å². The van der Waals surface area contributed by atoms with Crippen LogP contribution in [0.3, 0.4) is 0 Å². The maximum atomic E-state index is 13.5. The number of ether oxygens (including phenoxy) is 1. The third kappa shape index (κ3) is 6.13. The van der Waals surface area contributed by atoms with E-state index >= 15 is 0 Å². The van der Waals surface area contributed by atoms with E-state index in [0.717, 1.165) is 17.0 Å². The Balaban J connectivity index is 2.17. The Morgan fingerprint density at radius 2 is 1.49 bits per heavy atom. The lowest BCUT2D eigenvalue weighted by molar-refractivity contribution is -0.143. The van der Waals surface area contributed by atoms with Gasteiger partial charge in [0.05, 0.1) is 29.0 Å². The fourth-order valence-corrected chi connectivity index (χ4v) is 4.37. The Labute approximate surface area is 206 Å². The molecule has 0 bridgehead atoms. The summed E-state index contributed by atoms with van der Waals surface area (Å²) >= 11 is 0. The molecule has 2 aromatic carbocycles. The lowest BCUT2D eigenvalue weighted by atomic mass is 9.78. The Kier molecular flexibility index (Phi) is 7.79. The van der Waals surface area contributed by atoms with E-state index in [1.54, 1.807) is 6.92 Å². The minimum absolute atomic E-state index is 0.0173. The van der Waals surface area contributed by atoms with Crippen LogP contribution in [0.2, 0.25) is 0 Å². The van der Waals surface area contributed by atoms with Gasteiger partial charge in [-0.15, -0.1) is 0 Å². The lowest BCUT2D eigenvalue weighted by Gasteiger charge is -2.41. The highest BCUT2D eigenvalue weighted by atomic mass is 19.4. The van der Waals surface area contributed by atoms with Crippen molar-refractivity contribution in [3.05, 3.63) is 64.2 Å². The SMILES string of the molecule is CCCOC(=O)N1c2ccc(C(F)(F)F)cc2C(C(N)c2cc(C(F)(F)F)cc(C(F)(F)F)c2)CC1C. The number of fused-ring (bicyclic) bond motifs is 1. The quantitative estimate of drug-likeness (QED) is 0.404. The average molecular weight is 542 g/mol. The van der Waals surface area contributed by atoms with Crippen LogP contribution in [0.4, 0.5) is 50.0 Å². The van der Waals surface area contributed by atoms with E-state index in [1.165, 1.54) is 6.92 Å². The monoisotopic (exact) mass is 542 g/mol. The van der Waals surface area contributed by atoms with E-state index in [-0.39, 0.29) is 30.3 Å². The van der Waals surface area contributed by atoms with E-state index in [0.29, 0.717) is 24.6 Å². The van der Waals surface area contributed by atoms with Crippen molar-refractivity contribution in [2.24, 2.45) is 5.73 Å². The number of carbonyl (C=O) groups is 1. The number of amides is 1. The molecule has 1 aliphatic heterocycles. The van der Waals surface area contributed by atoms with Crippen molar-refractivity contribution in [2.75, 3.05) is 11.5 Å². The standard InChI is InChI=1S/C24H23F9N2O2/c1-3-6-37-21(36)35-12(2)7-18(17-11-14(22(25,26)27)4-5-19(17)35)20(34)13-8-15(23(28,29)30)10-16(9-13)24(31,32)33/h4-5,8-12,18,20H,3,6-7,34H2,1-2H3. The molecule has 2 N–H and O–H groups in total. The number of hydrogen-bond acceptors (Lipinski definition) is 3. The maximum absolute atomic E-state index is 13.5. The molecule has 0 aromatic heterocycles. The summed E-state index contributed by atoms with van der Waals surface area (Å²) in [5.41, 5.74) is 1.18. The normalized spacial score (nSPS) is 19.4. The summed E-state index contributed by atoms with van der Waals surface area (Å²) in [6.07, 6.45) is -15.6. The van der Waals surface area contributed by atoms with E-state index in [9.17, 15) is 44.3 Å². The molecule has 37 heavy (non-hydrogen) atoms. The summed E-state index contributed by atoms with van der Waals surface area (Å²) < 4.78 is 126. The number of anilines is 1. The van der Waals surface area contributed by atoms with Crippen LogP contribution >= 0.6 is 0 Å². The van der Waals surface area contributed by atoms with E-state index < -0.39 is 64.9 Å². The molecule has 3 unspecified atom stereocenters. The van der Waals surface area contributed by atoms with Crippen LogP contribution in [0, 0.1) is 0 Å². The highest BCUT2D eigenvalue weighted by molar-refractivity contribution is 5.90. The van der Waals surface area contributed by atoms with Gasteiger partial charge in [-0.05, 0) is 67.3 Å². The number of benzene rings is 2. The third-order valence-corrected chi connectivity index (χ3v) is 6.10. The topological polar surface area (TPSA) is 55.6 Å². The molecule has 0 fully saturated rings. The Morgan fingerprint density at radius 3 is 1.97 bits per heavy atom. The number of hydrogen-bond donors (Lipinski definition) is 1. The fourth-order valence-electron chi connectivity index (χ4n) is 4.37. The Bertz CT molecular complexity index is 1110. The fraction of sp³-hybridized carbons (Fsp3) is 0.458. The van der Waals surface area contributed by atoms with Crippen LogP contribution in [0.15, 0.2) is 36.4 Å². The number of rotatable bonds is 4. The molecule has 1 heterocycles. The van der Waals surface area contributed by atoms with Gasteiger partial charge in [0.25, 0.3) is 0 Å². The molecule has 0 saturated heterocycles. The highest BCUT2D eigenvalue weighted by Crippen LogP contribution is 2.47. The van der Waals surface area contributed by atoms with E-state index in [4.69, 9.17) is 10.5 Å². The summed E-state index contributed by atoms with van der Waals surface area (Å²) in [7, 11) is 0. The summed E-state index contributed by atoms with van der Waals surface area (Å²) in [6.45, 7) is 3.29. The van der Waals surface area contributed by atoms with Crippen molar-refractivity contribution in [1.29, 1.82) is 0 Å². The number of carbonyl (C=O) groups excluding carboxylic acids is 1. The minimum atomic E-state index is -5.13. The van der Waals surface area contributed by atoms with Crippen LogP contribution < -0.4 is 10.6 Å². The second-order valence-corrected chi connectivity index (χ2v) is 8.81. The van der Waals surface area contributed by atoms with Crippen molar-refractivity contribution in [3.8, 4) is 0 Å². The molecule has 2 aromatic rings. The van der Waals surface area contributed by atoms with Gasteiger partial charge in [0.2, 0.25) is 0 Å². The third-order valence-electron chi connectivity index (χ3n) is 6.10. The molecule has 13 heteroatoms. The first-order chi connectivity index (χ1) is 16.9. The smallest absolute Gasteiger partial charge is 0.416 e. The number of alkyl halides is 9. The van der Waals surface area contributed by atoms with Crippen LogP contribution in [0.5, 0.6) is 0 Å². The molecule has 3 atom stereocenters. The van der Waals surface area contributed by atoms with Crippen molar-refractivity contribution < 1.29 is 49.0 Å². The number of nitrogens with zero attached hydrogens (tertiary/aromatic N) is 1. The predicted molar refractivity (Wildman–Crippen MR) is 116 cm³/mol. The Morgan fingerprint density at radius 1 is 0.946 bits per heavy atom. The molecule has 0 spiro atoms. The van der Waals surface area contributed by atoms with E-state index in [1.807, 2.05) is 0 Å². The van der Waals surface area contributed by atoms with Gasteiger partial charge in [-0.1, -0.05) is 6.92 Å². The second kappa shape index (κ2) is 10.1. The molecule has 1 aliphatic rings. The van der Waals surface area contributed by atoms with Crippen LogP contribution in [0.1, 0.15) is 66.5 Å². The van der Waals surface area contributed by atoms with Gasteiger partial charge in [-0.25, -0.2) is 4.79 Å². The predicted octanol–water partition coefficient (Wildman–Crippen LogP) is 7.67. The summed E-state index contributed by atoms with van der Waals surface area (Å²) in [5, 5.41) is 0. The van der Waals surface area contributed by atoms with Gasteiger partial charge < -0.3 is 10.5 Å². The molecular weight excluding hydrogens is 519 g/mol. The summed E-state index contributed by atoms with van der Waals surface area (Å²) in [4.78, 5) is 13.8. The zero-order valence-corrected chi connectivity index (χ0v) is 19.6. The molecule has 0 aliphatic carbocycles. The highest BCUT2D eigenvalue weighted by Gasteiger charge is 2.42. The molecule has 204 valence electrons. The molecule has 0 radical (unpaired) electrons. The molecule has 1 amide bonds. The largest absolute Gasteiger partial charge is 0.449 e. The first kappa shape index (κ1) is 28.6. The zero-order chi connectivity index (χ0) is 27.9. The Hall–Kier alpha value is -2.96. The lowest BCUT2D eigenvalue weighted by Crippen LogP contribution is -2.45. The molecule has 3 rings (SSSR count).